The average molecular weight is 450 g/mol. The summed E-state index contributed by atoms with van der Waals surface area (Å²) in [5.41, 5.74) is 1.41. The van der Waals surface area contributed by atoms with Crippen LogP contribution in [0.4, 0.5) is 0 Å². The summed E-state index contributed by atoms with van der Waals surface area (Å²) in [7, 11) is 2.09. The molecule has 170 valence electrons. The third-order valence-electron chi connectivity index (χ3n) is 5.98. The molecule has 0 N–H and O–H groups in total. The molecule has 2 saturated heterocycles. The van der Waals surface area contributed by atoms with Crippen molar-refractivity contribution in [3.8, 4) is 0 Å². The Labute approximate surface area is 186 Å². The number of fused-ring (bicyclic) bond motifs is 1. The second-order valence-electron chi connectivity index (χ2n) is 8.12. The zero-order chi connectivity index (χ0) is 21.8. The van der Waals surface area contributed by atoms with Gasteiger partial charge < -0.3 is 19.3 Å². The number of carbonyl (C=O) groups is 2. The molecule has 10 heteroatoms. The van der Waals surface area contributed by atoms with Gasteiger partial charge in [-0.05, 0) is 26.9 Å². The van der Waals surface area contributed by atoms with E-state index in [0.717, 1.165) is 36.7 Å². The van der Waals surface area contributed by atoms with E-state index in [1.807, 2.05) is 27.8 Å². The molecule has 0 aromatic carbocycles. The average Bonchev–Trinajstić information content (AvgIpc) is 3.27. The molecule has 2 aliphatic heterocycles. The number of nitrogens with zero attached hydrogens (tertiary/aromatic N) is 5. The smallest absolute Gasteiger partial charge is 0.307 e. The third-order valence-corrected chi connectivity index (χ3v) is 6.74. The molecule has 0 unspecified atom stereocenters. The number of rotatable bonds is 6. The summed E-state index contributed by atoms with van der Waals surface area (Å²) in [4.78, 5) is 37.5. The number of likely N-dealkylation sites (N-methyl/N-ethyl adjacent to an activating group) is 1. The minimum absolute atomic E-state index is 0.00333. The van der Waals surface area contributed by atoms with Gasteiger partial charge in [0.25, 0.3) is 5.91 Å². The van der Waals surface area contributed by atoms with Crippen molar-refractivity contribution < 1.29 is 19.1 Å². The zero-order valence-corrected chi connectivity index (χ0v) is 19.1. The van der Waals surface area contributed by atoms with Gasteiger partial charge in [0.05, 0.1) is 31.9 Å². The molecule has 0 saturated carbocycles. The second kappa shape index (κ2) is 10.1. The van der Waals surface area contributed by atoms with Crippen LogP contribution in [0.15, 0.2) is 11.6 Å². The number of ether oxygens (including phenoxy) is 2. The minimum atomic E-state index is -0.220. The Hall–Kier alpha value is -2.01. The maximum atomic E-state index is 13.5. The molecule has 31 heavy (non-hydrogen) atoms. The fourth-order valence-electron chi connectivity index (χ4n) is 4.24. The highest BCUT2D eigenvalue weighted by atomic mass is 32.1. The lowest BCUT2D eigenvalue weighted by Crippen LogP contribution is -2.46. The first-order valence-electron chi connectivity index (χ1n) is 11.0. The molecular formula is C21H31N5O4S. The molecule has 9 nitrogen and oxygen atoms in total. The molecule has 4 heterocycles. The monoisotopic (exact) mass is 449 g/mol. The largest absolute Gasteiger partial charge is 0.466 e. The van der Waals surface area contributed by atoms with Crippen molar-refractivity contribution in [1.29, 1.82) is 0 Å². The molecule has 2 aliphatic rings. The van der Waals surface area contributed by atoms with Crippen LogP contribution in [0.2, 0.25) is 0 Å². The molecule has 1 atom stereocenters. The minimum Gasteiger partial charge on any atom is -0.466 e. The number of morpholine rings is 1. The molecular weight excluding hydrogens is 418 g/mol. The van der Waals surface area contributed by atoms with Crippen LogP contribution < -0.4 is 0 Å². The summed E-state index contributed by atoms with van der Waals surface area (Å²) in [6.45, 7) is 7.83. The fraction of sp³-hybridized carbons (Fsp3) is 0.667. The lowest BCUT2D eigenvalue weighted by molar-refractivity contribution is -0.146. The quantitative estimate of drug-likeness (QED) is 0.616. The van der Waals surface area contributed by atoms with Crippen LogP contribution >= 0.6 is 11.3 Å². The third kappa shape index (κ3) is 5.08. The Morgan fingerprint density at radius 3 is 2.97 bits per heavy atom. The molecule has 2 fully saturated rings. The summed E-state index contributed by atoms with van der Waals surface area (Å²) in [5.74, 6) is -0.224. The summed E-state index contributed by atoms with van der Waals surface area (Å²) in [5, 5.41) is 1.98. The van der Waals surface area contributed by atoms with Crippen molar-refractivity contribution in [2.24, 2.45) is 0 Å². The molecule has 2 aromatic heterocycles. The van der Waals surface area contributed by atoms with E-state index < -0.39 is 0 Å². The predicted octanol–water partition coefficient (Wildman–Crippen LogP) is 1.33. The van der Waals surface area contributed by atoms with E-state index in [0.29, 0.717) is 45.1 Å². The first-order valence-corrected chi connectivity index (χ1v) is 11.8. The van der Waals surface area contributed by atoms with Crippen molar-refractivity contribution in [1.82, 2.24) is 24.1 Å². The van der Waals surface area contributed by atoms with Gasteiger partial charge in [-0.15, -0.1) is 11.3 Å². The van der Waals surface area contributed by atoms with Gasteiger partial charge in [-0.3, -0.25) is 18.9 Å². The van der Waals surface area contributed by atoms with Crippen molar-refractivity contribution in [3.05, 3.63) is 23.0 Å². The maximum absolute atomic E-state index is 13.5. The predicted molar refractivity (Wildman–Crippen MR) is 117 cm³/mol. The van der Waals surface area contributed by atoms with Gasteiger partial charge in [0, 0.05) is 50.3 Å². The highest BCUT2D eigenvalue weighted by Gasteiger charge is 2.31. The number of hydrogen-bond acceptors (Lipinski definition) is 8. The lowest BCUT2D eigenvalue weighted by Gasteiger charge is -2.35. The van der Waals surface area contributed by atoms with Gasteiger partial charge >= 0.3 is 5.97 Å². The van der Waals surface area contributed by atoms with E-state index in [1.165, 1.54) is 11.3 Å². The van der Waals surface area contributed by atoms with Crippen LogP contribution in [0, 0.1) is 0 Å². The van der Waals surface area contributed by atoms with Crippen LogP contribution in [0.5, 0.6) is 0 Å². The number of thiazole rings is 1. The molecule has 1 amide bonds. The second-order valence-corrected chi connectivity index (χ2v) is 8.99. The SMILES string of the molecule is CCOC(=O)C[C@H]1COCCN1Cc1c(C(=O)N2CCCN(C)CC2)nc2sccn12. The lowest BCUT2D eigenvalue weighted by atomic mass is 10.1. The van der Waals surface area contributed by atoms with E-state index in [1.54, 1.807) is 0 Å². The number of carbonyl (C=O) groups excluding carboxylic acids is 2. The number of amides is 1. The van der Waals surface area contributed by atoms with Crippen LogP contribution in [0.25, 0.3) is 4.96 Å². The van der Waals surface area contributed by atoms with E-state index >= 15 is 0 Å². The highest BCUT2D eigenvalue weighted by molar-refractivity contribution is 7.15. The van der Waals surface area contributed by atoms with E-state index in [4.69, 9.17) is 14.5 Å². The Morgan fingerprint density at radius 2 is 2.13 bits per heavy atom. The van der Waals surface area contributed by atoms with Crippen molar-refractivity contribution in [2.45, 2.75) is 32.4 Å². The van der Waals surface area contributed by atoms with E-state index in [-0.39, 0.29) is 24.3 Å². The van der Waals surface area contributed by atoms with Crippen LogP contribution in [0.3, 0.4) is 0 Å². The molecule has 4 rings (SSSR count). The topological polar surface area (TPSA) is 79.6 Å². The highest BCUT2D eigenvalue weighted by Crippen LogP contribution is 2.23. The summed E-state index contributed by atoms with van der Waals surface area (Å²) in [6, 6.07) is -0.0771. The first kappa shape index (κ1) is 22.2. The normalized spacial score (nSPS) is 21.4. The number of esters is 1. The van der Waals surface area contributed by atoms with Crippen LogP contribution in [0.1, 0.15) is 35.9 Å². The van der Waals surface area contributed by atoms with Gasteiger partial charge in [0.15, 0.2) is 10.7 Å². The molecule has 0 bridgehead atoms. The van der Waals surface area contributed by atoms with Crippen LogP contribution in [-0.2, 0) is 20.8 Å². The number of hydrogen-bond donors (Lipinski definition) is 0. The maximum Gasteiger partial charge on any atom is 0.307 e. The van der Waals surface area contributed by atoms with Crippen LogP contribution in [-0.4, -0.2) is 102 Å². The van der Waals surface area contributed by atoms with Crippen molar-refractivity contribution >= 4 is 28.2 Å². The Kier molecular flexibility index (Phi) is 7.21. The Morgan fingerprint density at radius 1 is 1.26 bits per heavy atom. The number of imidazole rings is 1. The standard InChI is InChI=1S/C21H31N5O4S/c1-3-30-18(27)13-16-15-29-11-9-25(16)14-17-19(22-21-26(17)10-12-31-21)20(28)24-6-4-5-23(2)7-8-24/h10,12,16H,3-9,11,13-15H2,1-2H3/t16-/m0/s1. The van der Waals surface area contributed by atoms with Gasteiger partial charge in [0.1, 0.15) is 0 Å². The van der Waals surface area contributed by atoms with Gasteiger partial charge in [-0.25, -0.2) is 4.98 Å². The van der Waals surface area contributed by atoms with Crippen molar-refractivity contribution in [2.75, 3.05) is 59.6 Å². The summed E-state index contributed by atoms with van der Waals surface area (Å²) < 4.78 is 12.8. The summed E-state index contributed by atoms with van der Waals surface area (Å²) >= 11 is 1.53. The molecule has 0 radical (unpaired) electrons. The van der Waals surface area contributed by atoms with Gasteiger partial charge in [-0.1, -0.05) is 0 Å². The summed E-state index contributed by atoms with van der Waals surface area (Å²) in [6.07, 6.45) is 3.21. The molecule has 2 aromatic rings. The molecule has 0 aliphatic carbocycles. The van der Waals surface area contributed by atoms with Crippen molar-refractivity contribution in [3.63, 3.8) is 0 Å². The molecule has 0 spiro atoms. The van der Waals surface area contributed by atoms with E-state index in [2.05, 4.69) is 16.8 Å². The van der Waals surface area contributed by atoms with Gasteiger partial charge in [0.2, 0.25) is 0 Å². The Balaban J connectivity index is 1.57. The van der Waals surface area contributed by atoms with E-state index in [9.17, 15) is 9.59 Å². The van der Waals surface area contributed by atoms with Gasteiger partial charge in [-0.2, -0.15) is 0 Å². The Bertz CT molecular complexity index is 913. The zero-order valence-electron chi connectivity index (χ0n) is 18.3. The number of aromatic nitrogens is 2. The fourth-order valence-corrected chi connectivity index (χ4v) is 4.98. The first-order chi connectivity index (χ1) is 15.1.